The van der Waals surface area contributed by atoms with Gasteiger partial charge in [-0.05, 0) is 12.1 Å². The Labute approximate surface area is 157 Å². The van der Waals surface area contributed by atoms with Gasteiger partial charge >= 0.3 is 5.97 Å². The predicted octanol–water partition coefficient (Wildman–Crippen LogP) is 1.87. The quantitative estimate of drug-likeness (QED) is 0.459. The Bertz CT molecular complexity index is 1050. The van der Waals surface area contributed by atoms with Crippen LogP contribution in [0.2, 0.25) is 0 Å². The van der Waals surface area contributed by atoms with Crippen molar-refractivity contribution in [1.29, 1.82) is 0 Å². The molecule has 0 aliphatic carbocycles. The lowest BCUT2D eigenvalue weighted by Crippen LogP contribution is -2.14. The van der Waals surface area contributed by atoms with E-state index in [1.54, 1.807) is 6.08 Å². The number of carbonyl (C=O) groups excluding carboxylic acids is 2. The van der Waals surface area contributed by atoms with Gasteiger partial charge in [-0.1, -0.05) is 0 Å². The highest BCUT2D eigenvalue weighted by Crippen LogP contribution is 2.51. The van der Waals surface area contributed by atoms with Gasteiger partial charge in [-0.2, -0.15) is 0 Å². The maximum absolute atomic E-state index is 13.1. The number of phenols is 4. The molecule has 0 radical (unpaired) electrons. The normalized spacial score (nSPS) is 18.8. The molecule has 0 aromatic heterocycles. The summed E-state index contributed by atoms with van der Waals surface area (Å²) < 4.78 is 15.3. The molecule has 9 heteroatoms. The molecule has 28 heavy (non-hydrogen) atoms. The highest BCUT2D eigenvalue weighted by Gasteiger charge is 2.42. The number of esters is 1. The van der Waals surface area contributed by atoms with E-state index in [1.165, 1.54) is 6.26 Å². The topological polar surface area (TPSA) is 143 Å². The Morgan fingerprint density at radius 2 is 1.75 bits per heavy atom. The van der Waals surface area contributed by atoms with Gasteiger partial charge in [0.1, 0.15) is 34.3 Å². The minimum Gasteiger partial charge on any atom is -0.508 e. The summed E-state index contributed by atoms with van der Waals surface area (Å²) in [6.07, 6.45) is 2.30. The largest absolute Gasteiger partial charge is 0.508 e. The zero-order chi connectivity index (χ0) is 20.2. The average molecular weight is 386 g/mol. The zero-order valence-corrected chi connectivity index (χ0v) is 14.4. The van der Waals surface area contributed by atoms with Gasteiger partial charge in [-0.15, -0.1) is 0 Å². The van der Waals surface area contributed by atoms with Crippen molar-refractivity contribution in [2.24, 2.45) is 0 Å². The number of hydrogen-bond acceptors (Lipinski definition) is 9. The Hall–Kier alpha value is -3.88. The van der Waals surface area contributed by atoms with Crippen molar-refractivity contribution in [3.8, 4) is 28.7 Å². The van der Waals surface area contributed by atoms with Crippen LogP contribution in [0.5, 0.6) is 28.7 Å². The number of ether oxygens (including phenoxy) is 3. The summed E-state index contributed by atoms with van der Waals surface area (Å²) in [4.78, 5) is 25.1. The second-order valence-electron chi connectivity index (χ2n) is 6.22. The molecule has 0 saturated heterocycles. The number of rotatable bonds is 3. The number of phenolic OH excluding ortho intramolecular Hbond substituents is 4. The fourth-order valence-electron chi connectivity index (χ4n) is 3.38. The summed E-state index contributed by atoms with van der Waals surface area (Å²) in [6, 6.07) is 2.94. The van der Waals surface area contributed by atoms with E-state index < -0.39 is 63.6 Å². The molecule has 2 aliphatic heterocycles. The number of ketones is 1. The van der Waals surface area contributed by atoms with Crippen LogP contribution in [0.25, 0.3) is 0 Å². The number of carbonyl (C=O) groups is 2. The second kappa shape index (κ2) is 6.08. The lowest BCUT2D eigenvalue weighted by Gasteiger charge is -2.14. The number of benzene rings is 2. The van der Waals surface area contributed by atoms with E-state index in [2.05, 4.69) is 4.74 Å². The van der Waals surface area contributed by atoms with Crippen LogP contribution < -0.4 is 4.74 Å². The van der Waals surface area contributed by atoms with Crippen LogP contribution in [0, 0.1) is 0 Å². The van der Waals surface area contributed by atoms with Crippen LogP contribution in [0.1, 0.15) is 37.8 Å². The first kappa shape index (κ1) is 17.5. The molecule has 2 aliphatic rings. The molecular weight excluding hydrogens is 372 g/mol. The smallest absolute Gasteiger partial charge is 0.338 e. The third-order valence-electron chi connectivity index (χ3n) is 4.61. The van der Waals surface area contributed by atoms with Crippen molar-refractivity contribution in [3.05, 3.63) is 52.8 Å². The molecule has 0 spiro atoms. The second-order valence-corrected chi connectivity index (χ2v) is 6.22. The summed E-state index contributed by atoms with van der Waals surface area (Å²) in [5, 5.41) is 40.8. The maximum Gasteiger partial charge on any atom is 0.338 e. The van der Waals surface area contributed by atoms with E-state index in [0.717, 1.165) is 25.3 Å². The minimum absolute atomic E-state index is 0.147. The standard InChI is InChI=1S/C19H14O9/c1-26-18(25)9-4-7(20)5-10(21)13(9)16(23)15-11(22)6-12-14(17(15)24)8-2-3-27-19(8)28-12/h2-6,8,19-22,24H,1H3. The summed E-state index contributed by atoms with van der Waals surface area (Å²) in [5.74, 6) is -4.75. The molecule has 144 valence electrons. The van der Waals surface area contributed by atoms with E-state index in [1.807, 2.05) is 0 Å². The molecule has 0 bridgehead atoms. The number of aromatic hydroxyl groups is 4. The molecule has 0 fully saturated rings. The fourth-order valence-corrected chi connectivity index (χ4v) is 3.38. The van der Waals surface area contributed by atoms with Gasteiger partial charge in [0.05, 0.1) is 36.0 Å². The van der Waals surface area contributed by atoms with Crippen LogP contribution in [0.3, 0.4) is 0 Å². The Kier molecular flexibility index (Phi) is 3.81. The van der Waals surface area contributed by atoms with Crippen molar-refractivity contribution in [3.63, 3.8) is 0 Å². The molecule has 9 nitrogen and oxygen atoms in total. The highest BCUT2D eigenvalue weighted by atomic mass is 16.7. The van der Waals surface area contributed by atoms with Gasteiger partial charge in [0, 0.05) is 12.1 Å². The van der Waals surface area contributed by atoms with E-state index in [-0.39, 0.29) is 11.3 Å². The van der Waals surface area contributed by atoms with E-state index in [9.17, 15) is 30.0 Å². The lowest BCUT2D eigenvalue weighted by atomic mass is 9.91. The first-order chi connectivity index (χ1) is 13.3. The minimum atomic E-state index is -1.04. The predicted molar refractivity (Wildman–Crippen MR) is 91.7 cm³/mol. The summed E-state index contributed by atoms with van der Waals surface area (Å²) in [7, 11) is 1.06. The number of hydrogen-bond donors (Lipinski definition) is 4. The third-order valence-corrected chi connectivity index (χ3v) is 4.61. The van der Waals surface area contributed by atoms with Gasteiger partial charge in [0.15, 0.2) is 0 Å². The third kappa shape index (κ3) is 2.40. The summed E-state index contributed by atoms with van der Waals surface area (Å²) >= 11 is 0. The molecule has 0 saturated carbocycles. The van der Waals surface area contributed by atoms with Gasteiger partial charge in [0.2, 0.25) is 5.78 Å². The van der Waals surface area contributed by atoms with Crippen molar-refractivity contribution in [1.82, 2.24) is 0 Å². The zero-order valence-electron chi connectivity index (χ0n) is 14.4. The molecule has 2 heterocycles. The van der Waals surface area contributed by atoms with Crippen LogP contribution in [0.15, 0.2) is 30.5 Å². The van der Waals surface area contributed by atoms with Crippen molar-refractivity contribution in [2.45, 2.75) is 12.2 Å². The molecule has 2 aromatic carbocycles. The first-order valence-corrected chi connectivity index (χ1v) is 8.10. The Morgan fingerprint density at radius 1 is 1.04 bits per heavy atom. The van der Waals surface area contributed by atoms with Crippen molar-refractivity contribution >= 4 is 11.8 Å². The van der Waals surface area contributed by atoms with E-state index in [4.69, 9.17) is 9.47 Å². The Morgan fingerprint density at radius 3 is 2.46 bits per heavy atom. The SMILES string of the molecule is COC(=O)c1cc(O)cc(O)c1C(=O)c1c(O)cc2c(c1O)C1C=COC1O2. The number of methoxy groups -OCH3 is 1. The molecule has 2 unspecified atom stereocenters. The maximum atomic E-state index is 13.1. The first-order valence-electron chi connectivity index (χ1n) is 8.10. The Balaban J connectivity index is 1.91. The lowest BCUT2D eigenvalue weighted by molar-refractivity contribution is -0.00490. The molecule has 2 aromatic rings. The van der Waals surface area contributed by atoms with Crippen LogP contribution in [-0.4, -0.2) is 45.6 Å². The summed E-state index contributed by atoms with van der Waals surface area (Å²) in [5.41, 5.74) is -1.27. The summed E-state index contributed by atoms with van der Waals surface area (Å²) in [6.45, 7) is 0. The highest BCUT2D eigenvalue weighted by molar-refractivity contribution is 6.19. The van der Waals surface area contributed by atoms with Gasteiger partial charge in [-0.25, -0.2) is 4.79 Å². The van der Waals surface area contributed by atoms with Crippen molar-refractivity contribution < 1.29 is 44.2 Å². The monoisotopic (exact) mass is 386 g/mol. The molecule has 4 N–H and O–H groups in total. The molecule has 2 atom stereocenters. The van der Waals surface area contributed by atoms with Crippen molar-refractivity contribution in [2.75, 3.05) is 7.11 Å². The van der Waals surface area contributed by atoms with Crippen LogP contribution in [0.4, 0.5) is 0 Å². The molecule has 0 amide bonds. The fraction of sp³-hybridized carbons (Fsp3) is 0.158. The van der Waals surface area contributed by atoms with Gasteiger partial charge in [-0.3, -0.25) is 4.79 Å². The van der Waals surface area contributed by atoms with Gasteiger partial charge < -0.3 is 34.6 Å². The van der Waals surface area contributed by atoms with E-state index in [0.29, 0.717) is 0 Å². The average Bonchev–Trinajstić information content (AvgIpc) is 3.20. The van der Waals surface area contributed by atoms with Crippen LogP contribution >= 0.6 is 0 Å². The number of fused-ring (bicyclic) bond motifs is 3. The molecule has 4 rings (SSSR count). The molecular formula is C19H14O9. The van der Waals surface area contributed by atoms with Crippen LogP contribution in [-0.2, 0) is 9.47 Å². The van der Waals surface area contributed by atoms with E-state index >= 15 is 0 Å². The van der Waals surface area contributed by atoms with Gasteiger partial charge in [0.25, 0.3) is 6.29 Å².